The number of nitrogens with one attached hydrogen (secondary N) is 1. The number of benzene rings is 1. The molecule has 128 valence electrons. The molecular weight excluding hydrogens is 352 g/mol. The maximum Gasteiger partial charge on any atom is 0.236 e. The average Bonchev–Trinajstić information content (AvgIpc) is 3.00. The van der Waals surface area contributed by atoms with Gasteiger partial charge in [-0.25, -0.2) is 15.0 Å². The molecule has 3 rings (SSSR count). The van der Waals surface area contributed by atoms with Crippen molar-refractivity contribution in [3.05, 3.63) is 64.4 Å². The molecule has 7 heteroatoms. The Labute approximate surface area is 155 Å². The van der Waals surface area contributed by atoms with Crippen molar-refractivity contribution in [3.8, 4) is 0 Å². The maximum atomic E-state index is 12.1. The largest absolute Gasteiger partial charge is 0.301 e. The van der Waals surface area contributed by atoms with E-state index >= 15 is 0 Å². The molecule has 1 amide bonds. The Kier molecular flexibility index (Phi) is 5.78. The minimum atomic E-state index is -0.103. The Bertz CT molecular complexity index is 844. The first-order chi connectivity index (χ1) is 12.1. The predicted molar refractivity (Wildman–Crippen MR) is 102 cm³/mol. The third-order valence-corrected chi connectivity index (χ3v) is 5.08. The lowest BCUT2D eigenvalue weighted by Gasteiger charge is -2.03. The van der Waals surface area contributed by atoms with Gasteiger partial charge in [0.2, 0.25) is 5.91 Å². The average molecular weight is 371 g/mol. The van der Waals surface area contributed by atoms with Crippen LogP contribution in [0.4, 0.5) is 5.13 Å². The second kappa shape index (κ2) is 8.22. The van der Waals surface area contributed by atoms with E-state index in [0.717, 1.165) is 22.7 Å². The number of amides is 1. The molecule has 1 N–H and O–H groups in total. The minimum absolute atomic E-state index is 0.103. The van der Waals surface area contributed by atoms with Crippen molar-refractivity contribution >= 4 is 34.1 Å². The molecule has 1 aromatic carbocycles. The van der Waals surface area contributed by atoms with E-state index < -0.39 is 0 Å². The summed E-state index contributed by atoms with van der Waals surface area (Å²) in [6.45, 7) is 3.84. The van der Waals surface area contributed by atoms with E-state index in [9.17, 15) is 4.79 Å². The van der Waals surface area contributed by atoms with Crippen LogP contribution in [0.15, 0.2) is 47.8 Å². The maximum absolute atomic E-state index is 12.1. The molecule has 0 spiro atoms. The molecule has 0 radical (unpaired) electrons. The highest BCUT2D eigenvalue weighted by Gasteiger charge is 2.09. The van der Waals surface area contributed by atoms with Crippen molar-refractivity contribution in [2.75, 3.05) is 11.1 Å². The smallest absolute Gasteiger partial charge is 0.236 e. The van der Waals surface area contributed by atoms with E-state index in [4.69, 9.17) is 0 Å². The van der Waals surface area contributed by atoms with Gasteiger partial charge in [0, 0.05) is 28.9 Å². The van der Waals surface area contributed by atoms with Gasteiger partial charge in [-0.1, -0.05) is 42.1 Å². The normalized spacial score (nSPS) is 10.6. The van der Waals surface area contributed by atoms with Crippen molar-refractivity contribution in [1.29, 1.82) is 0 Å². The van der Waals surface area contributed by atoms with Crippen LogP contribution < -0.4 is 5.32 Å². The molecule has 0 saturated carbocycles. The zero-order chi connectivity index (χ0) is 17.6. The van der Waals surface area contributed by atoms with Crippen LogP contribution in [-0.4, -0.2) is 26.6 Å². The third-order valence-electron chi connectivity index (χ3n) is 3.32. The lowest BCUT2D eigenvalue weighted by molar-refractivity contribution is -0.113. The first-order valence-corrected chi connectivity index (χ1v) is 9.62. The molecule has 3 aromatic rings. The van der Waals surface area contributed by atoms with Crippen molar-refractivity contribution in [2.45, 2.75) is 25.4 Å². The van der Waals surface area contributed by atoms with Crippen LogP contribution in [0.5, 0.6) is 0 Å². The summed E-state index contributed by atoms with van der Waals surface area (Å²) in [5, 5.41) is 4.08. The Morgan fingerprint density at radius 2 is 1.88 bits per heavy atom. The van der Waals surface area contributed by atoms with Gasteiger partial charge < -0.3 is 5.32 Å². The molecule has 0 aliphatic rings. The molecule has 0 unspecified atom stereocenters. The van der Waals surface area contributed by atoms with Crippen molar-refractivity contribution in [3.63, 3.8) is 0 Å². The van der Waals surface area contributed by atoms with Crippen LogP contribution >= 0.6 is 23.1 Å². The zero-order valence-electron chi connectivity index (χ0n) is 14.0. The van der Waals surface area contributed by atoms with Crippen molar-refractivity contribution < 1.29 is 4.79 Å². The molecule has 2 aromatic heterocycles. The highest BCUT2D eigenvalue weighted by molar-refractivity contribution is 7.99. The number of thioether (sulfide) groups is 1. The van der Waals surface area contributed by atoms with Gasteiger partial charge in [0.15, 0.2) is 10.3 Å². The van der Waals surface area contributed by atoms with Crippen LogP contribution in [-0.2, 0) is 11.2 Å². The van der Waals surface area contributed by atoms with Crippen molar-refractivity contribution in [2.24, 2.45) is 0 Å². The summed E-state index contributed by atoms with van der Waals surface area (Å²) in [5.41, 5.74) is 3.04. The van der Waals surface area contributed by atoms with E-state index in [-0.39, 0.29) is 11.7 Å². The second-order valence-electron chi connectivity index (χ2n) is 5.56. The van der Waals surface area contributed by atoms with Gasteiger partial charge in [0.25, 0.3) is 0 Å². The number of aromatic nitrogens is 3. The fraction of sp³-hybridized carbons (Fsp3) is 0.222. The molecule has 0 aliphatic heterocycles. The Hall–Kier alpha value is -2.25. The number of rotatable bonds is 6. The first-order valence-electron chi connectivity index (χ1n) is 7.82. The van der Waals surface area contributed by atoms with E-state index in [1.54, 1.807) is 0 Å². The standard InChI is InChI=1S/C18H18N4OS2/c1-12-8-13(2)21-18(20-12)24-11-16(23)22-17-19-10-15(25-17)9-14-6-4-3-5-7-14/h3-8,10H,9,11H2,1-2H3,(H,19,22,23). The Balaban J connectivity index is 1.53. The molecule has 2 heterocycles. The van der Waals surface area contributed by atoms with Crippen LogP contribution in [0.25, 0.3) is 0 Å². The van der Waals surface area contributed by atoms with Crippen molar-refractivity contribution in [1.82, 2.24) is 15.0 Å². The third kappa shape index (κ3) is 5.37. The predicted octanol–water partition coefficient (Wildman–Crippen LogP) is 3.87. The van der Waals surface area contributed by atoms with Crippen LogP contribution in [0.3, 0.4) is 0 Å². The fourth-order valence-corrected chi connectivity index (χ4v) is 3.90. The Morgan fingerprint density at radius 1 is 1.16 bits per heavy atom. The quantitative estimate of drug-likeness (QED) is 0.527. The molecular formula is C18H18N4OS2. The minimum Gasteiger partial charge on any atom is -0.301 e. The zero-order valence-corrected chi connectivity index (χ0v) is 15.7. The topological polar surface area (TPSA) is 67.8 Å². The number of nitrogens with zero attached hydrogens (tertiary/aromatic N) is 3. The number of carbonyl (C=O) groups is 1. The van der Waals surface area contributed by atoms with Gasteiger partial charge in [0.05, 0.1) is 5.75 Å². The molecule has 25 heavy (non-hydrogen) atoms. The van der Waals surface area contributed by atoms with Crippen LogP contribution in [0.2, 0.25) is 0 Å². The second-order valence-corrected chi connectivity index (χ2v) is 7.62. The summed E-state index contributed by atoms with van der Waals surface area (Å²) < 4.78 is 0. The monoisotopic (exact) mass is 370 g/mol. The first kappa shape index (κ1) is 17.6. The molecule has 0 saturated heterocycles. The summed E-state index contributed by atoms with van der Waals surface area (Å²) in [6.07, 6.45) is 2.63. The van der Waals surface area contributed by atoms with Gasteiger partial charge in [-0.3, -0.25) is 4.79 Å². The molecule has 0 atom stereocenters. The van der Waals surface area contributed by atoms with Gasteiger partial charge in [0.1, 0.15) is 0 Å². The number of hydrogen-bond acceptors (Lipinski definition) is 6. The summed E-state index contributed by atoms with van der Waals surface area (Å²) in [4.78, 5) is 26.1. The summed E-state index contributed by atoms with van der Waals surface area (Å²) in [5.74, 6) is 0.157. The molecule has 0 aliphatic carbocycles. The van der Waals surface area contributed by atoms with E-state index in [0.29, 0.717) is 10.3 Å². The molecule has 0 fully saturated rings. The number of hydrogen-bond donors (Lipinski definition) is 1. The lowest BCUT2D eigenvalue weighted by atomic mass is 10.1. The SMILES string of the molecule is Cc1cc(C)nc(SCC(=O)Nc2ncc(Cc3ccccc3)s2)n1. The number of carbonyl (C=O) groups excluding carboxylic acids is 1. The van der Waals surface area contributed by atoms with Crippen LogP contribution in [0.1, 0.15) is 21.8 Å². The molecule has 0 bridgehead atoms. The number of anilines is 1. The highest BCUT2D eigenvalue weighted by Crippen LogP contribution is 2.22. The van der Waals surface area contributed by atoms with Crippen LogP contribution in [0, 0.1) is 13.8 Å². The van der Waals surface area contributed by atoms with Gasteiger partial charge in [-0.2, -0.15) is 0 Å². The van der Waals surface area contributed by atoms with Gasteiger partial charge in [-0.15, -0.1) is 11.3 Å². The summed E-state index contributed by atoms with van der Waals surface area (Å²) in [6, 6.07) is 12.1. The molecule has 5 nitrogen and oxygen atoms in total. The fourth-order valence-electron chi connectivity index (χ4n) is 2.29. The number of thiazole rings is 1. The van der Waals surface area contributed by atoms with E-state index in [1.807, 2.05) is 44.3 Å². The van der Waals surface area contributed by atoms with E-state index in [1.165, 1.54) is 28.7 Å². The summed E-state index contributed by atoms with van der Waals surface area (Å²) in [7, 11) is 0. The Morgan fingerprint density at radius 3 is 2.60 bits per heavy atom. The number of aryl methyl sites for hydroxylation is 2. The summed E-state index contributed by atoms with van der Waals surface area (Å²) >= 11 is 2.83. The van der Waals surface area contributed by atoms with E-state index in [2.05, 4.69) is 32.4 Å². The highest BCUT2D eigenvalue weighted by atomic mass is 32.2. The lowest BCUT2D eigenvalue weighted by Crippen LogP contribution is -2.14. The van der Waals surface area contributed by atoms with Gasteiger partial charge >= 0.3 is 0 Å². The van der Waals surface area contributed by atoms with Gasteiger partial charge in [-0.05, 0) is 25.5 Å².